The molecule has 0 saturated heterocycles. The van der Waals surface area contributed by atoms with Crippen LogP contribution in [0.1, 0.15) is 18.7 Å². The lowest BCUT2D eigenvalue weighted by Gasteiger charge is -2.17. The molecule has 0 unspecified atom stereocenters. The number of nitrogens with zero attached hydrogens (tertiary/aromatic N) is 1. The Balaban J connectivity index is 2.54. The maximum Gasteiger partial charge on any atom is 0.219 e. The van der Waals surface area contributed by atoms with E-state index in [2.05, 4.69) is 6.07 Å². The monoisotopic (exact) mass is 183 g/mol. The molecule has 0 atom stereocenters. The van der Waals surface area contributed by atoms with Gasteiger partial charge < -0.3 is 4.90 Å². The highest BCUT2D eigenvalue weighted by molar-refractivity contribution is 7.09. The second-order valence-corrected chi connectivity index (χ2v) is 3.64. The van der Waals surface area contributed by atoms with Gasteiger partial charge in [0.25, 0.3) is 0 Å². The minimum Gasteiger partial charge on any atom is -0.338 e. The molecule has 12 heavy (non-hydrogen) atoms. The highest BCUT2D eigenvalue weighted by atomic mass is 32.1. The van der Waals surface area contributed by atoms with E-state index in [1.165, 1.54) is 4.88 Å². The first-order chi connectivity index (χ1) is 5.74. The van der Waals surface area contributed by atoms with E-state index in [-0.39, 0.29) is 5.91 Å². The molecule has 0 spiro atoms. The molecule has 1 aromatic heterocycles. The normalized spacial score (nSPS) is 9.83. The van der Waals surface area contributed by atoms with Crippen LogP contribution in [-0.2, 0) is 11.3 Å². The third-order valence-electron chi connectivity index (χ3n) is 1.75. The first kappa shape index (κ1) is 9.26. The van der Waals surface area contributed by atoms with Gasteiger partial charge in [-0.05, 0) is 18.4 Å². The summed E-state index contributed by atoms with van der Waals surface area (Å²) >= 11 is 1.69. The maximum atomic E-state index is 11.0. The van der Waals surface area contributed by atoms with Crippen molar-refractivity contribution in [1.29, 1.82) is 0 Å². The fourth-order valence-corrected chi connectivity index (χ4v) is 1.76. The zero-order valence-corrected chi connectivity index (χ0v) is 8.23. The lowest BCUT2D eigenvalue weighted by atomic mass is 10.4. The van der Waals surface area contributed by atoms with Crippen molar-refractivity contribution in [3.05, 3.63) is 22.4 Å². The van der Waals surface area contributed by atoms with Gasteiger partial charge in [-0.2, -0.15) is 0 Å². The van der Waals surface area contributed by atoms with Crippen molar-refractivity contribution < 1.29 is 4.79 Å². The summed E-state index contributed by atoms with van der Waals surface area (Å²) < 4.78 is 0. The van der Waals surface area contributed by atoms with Crippen LogP contribution in [0.15, 0.2) is 17.5 Å². The third-order valence-corrected chi connectivity index (χ3v) is 2.61. The van der Waals surface area contributed by atoms with Gasteiger partial charge in [0, 0.05) is 18.3 Å². The molecule has 1 heterocycles. The maximum absolute atomic E-state index is 11.0. The predicted molar refractivity (Wildman–Crippen MR) is 51.1 cm³/mol. The van der Waals surface area contributed by atoms with Crippen LogP contribution < -0.4 is 0 Å². The van der Waals surface area contributed by atoms with Crippen molar-refractivity contribution in [3.63, 3.8) is 0 Å². The van der Waals surface area contributed by atoms with Crippen molar-refractivity contribution >= 4 is 17.2 Å². The molecule has 0 aliphatic rings. The zero-order valence-electron chi connectivity index (χ0n) is 7.41. The number of thiophene rings is 1. The molecule has 0 aliphatic heterocycles. The Morgan fingerprint density at radius 2 is 2.42 bits per heavy atom. The number of carbonyl (C=O) groups excluding carboxylic acids is 1. The summed E-state index contributed by atoms with van der Waals surface area (Å²) in [7, 11) is 0. The molecule has 3 heteroatoms. The van der Waals surface area contributed by atoms with Crippen molar-refractivity contribution in [3.8, 4) is 0 Å². The van der Waals surface area contributed by atoms with E-state index in [0.29, 0.717) is 0 Å². The van der Waals surface area contributed by atoms with Crippen molar-refractivity contribution in [1.82, 2.24) is 4.90 Å². The molecular weight excluding hydrogens is 170 g/mol. The van der Waals surface area contributed by atoms with E-state index in [1.54, 1.807) is 18.3 Å². The van der Waals surface area contributed by atoms with E-state index >= 15 is 0 Å². The van der Waals surface area contributed by atoms with Gasteiger partial charge in [0.1, 0.15) is 0 Å². The Morgan fingerprint density at radius 1 is 1.67 bits per heavy atom. The van der Waals surface area contributed by atoms with Gasteiger partial charge >= 0.3 is 0 Å². The summed E-state index contributed by atoms with van der Waals surface area (Å²) in [5.41, 5.74) is 0. The standard InChI is InChI=1S/C9H13NOS/c1-3-10(8(2)11)7-9-5-4-6-12-9/h4-6H,3,7H2,1-2H3. The lowest BCUT2D eigenvalue weighted by molar-refractivity contribution is -0.129. The molecule has 0 fully saturated rings. The quantitative estimate of drug-likeness (QED) is 0.703. The van der Waals surface area contributed by atoms with Crippen molar-refractivity contribution in [2.75, 3.05) is 6.54 Å². The summed E-state index contributed by atoms with van der Waals surface area (Å²) in [5.74, 6) is 0.144. The molecule has 1 rings (SSSR count). The summed E-state index contributed by atoms with van der Waals surface area (Å²) in [6, 6.07) is 4.06. The molecule has 0 saturated carbocycles. The van der Waals surface area contributed by atoms with Gasteiger partial charge in [-0.15, -0.1) is 11.3 Å². The van der Waals surface area contributed by atoms with Crippen LogP contribution in [0.4, 0.5) is 0 Å². The van der Waals surface area contributed by atoms with Gasteiger partial charge in [0.2, 0.25) is 5.91 Å². The van der Waals surface area contributed by atoms with E-state index < -0.39 is 0 Å². The highest BCUT2D eigenvalue weighted by Crippen LogP contribution is 2.11. The van der Waals surface area contributed by atoms with Crippen LogP contribution >= 0.6 is 11.3 Å². The zero-order chi connectivity index (χ0) is 8.97. The lowest BCUT2D eigenvalue weighted by Crippen LogP contribution is -2.27. The van der Waals surface area contributed by atoms with Crippen LogP contribution in [0.2, 0.25) is 0 Å². The molecule has 2 nitrogen and oxygen atoms in total. The molecule has 1 aromatic rings. The van der Waals surface area contributed by atoms with Crippen LogP contribution in [0.25, 0.3) is 0 Å². The topological polar surface area (TPSA) is 20.3 Å². The minimum absolute atomic E-state index is 0.144. The van der Waals surface area contributed by atoms with Gasteiger partial charge in [-0.1, -0.05) is 6.07 Å². The van der Waals surface area contributed by atoms with E-state index in [4.69, 9.17) is 0 Å². The second kappa shape index (κ2) is 4.26. The Labute approximate surface area is 76.8 Å². The number of rotatable bonds is 3. The molecule has 66 valence electrons. The molecule has 0 N–H and O–H groups in total. The Hall–Kier alpha value is -0.830. The summed E-state index contributed by atoms with van der Waals surface area (Å²) in [6.07, 6.45) is 0. The molecule has 0 radical (unpaired) electrons. The number of carbonyl (C=O) groups is 1. The largest absolute Gasteiger partial charge is 0.338 e. The Kier molecular flexibility index (Phi) is 3.29. The van der Waals surface area contributed by atoms with E-state index in [9.17, 15) is 4.79 Å². The molecule has 1 amide bonds. The fourth-order valence-electron chi connectivity index (χ4n) is 1.04. The predicted octanol–water partition coefficient (Wildman–Crippen LogP) is 2.12. The number of amides is 1. The average molecular weight is 183 g/mol. The first-order valence-electron chi connectivity index (χ1n) is 4.02. The van der Waals surface area contributed by atoms with E-state index in [0.717, 1.165) is 13.1 Å². The molecule has 0 bridgehead atoms. The third kappa shape index (κ3) is 2.34. The summed E-state index contributed by atoms with van der Waals surface area (Å²) in [6.45, 7) is 5.14. The molecule has 0 aliphatic carbocycles. The minimum atomic E-state index is 0.144. The highest BCUT2D eigenvalue weighted by Gasteiger charge is 2.06. The summed E-state index contributed by atoms with van der Waals surface area (Å²) in [5, 5.41) is 2.03. The van der Waals surface area contributed by atoms with Crippen LogP contribution in [0.5, 0.6) is 0 Å². The van der Waals surface area contributed by atoms with Crippen molar-refractivity contribution in [2.45, 2.75) is 20.4 Å². The Morgan fingerprint density at radius 3 is 2.83 bits per heavy atom. The van der Waals surface area contributed by atoms with Gasteiger partial charge in [-0.25, -0.2) is 0 Å². The van der Waals surface area contributed by atoms with Crippen LogP contribution in [0.3, 0.4) is 0 Å². The van der Waals surface area contributed by atoms with Gasteiger partial charge in [0.05, 0.1) is 6.54 Å². The molecule has 0 aromatic carbocycles. The van der Waals surface area contributed by atoms with Crippen LogP contribution in [0, 0.1) is 0 Å². The van der Waals surface area contributed by atoms with Crippen LogP contribution in [-0.4, -0.2) is 17.4 Å². The fraction of sp³-hybridized carbons (Fsp3) is 0.444. The first-order valence-corrected chi connectivity index (χ1v) is 4.90. The number of hydrogen-bond acceptors (Lipinski definition) is 2. The number of hydrogen-bond donors (Lipinski definition) is 0. The SMILES string of the molecule is CCN(Cc1cccs1)C(C)=O. The summed E-state index contributed by atoms with van der Waals surface area (Å²) in [4.78, 5) is 14.1. The van der Waals surface area contributed by atoms with E-state index in [1.807, 2.05) is 23.3 Å². The molecular formula is C9H13NOS. The smallest absolute Gasteiger partial charge is 0.219 e. The Bertz CT molecular complexity index is 243. The van der Waals surface area contributed by atoms with Crippen molar-refractivity contribution in [2.24, 2.45) is 0 Å². The second-order valence-electron chi connectivity index (χ2n) is 2.61. The van der Waals surface area contributed by atoms with Gasteiger partial charge in [-0.3, -0.25) is 4.79 Å². The average Bonchev–Trinajstić information content (AvgIpc) is 2.51. The van der Waals surface area contributed by atoms with Gasteiger partial charge in [0.15, 0.2) is 0 Å².